The summed E-state index contributed by atoms with van der Waals surface area (Å²) in [6.07, 6.45) is 3.75. The van der Waals surface area contributed by atoms with Crippen molar-refractivity contribution in [3.8, 4) is 0 Å². The molecule has 1 aromatic carbocycles. The van der Waals surface area contributed by atoms with E-state index in [4.69, 9.17) is 0 Å². The Morgan fingerprint density at radius 3 is 2.47 bits per heavy atom. The van der Waals surface area contributed by atoms with Crippen molar-refractivity contribution in [3.63, 3.8) is 0 Å². The van der Waals surface area contributed by atoms with E-state index >= 15 is 0 Å². The Bertz CT molecular complexity index is 454. The van der Waals surface area contributed by atoms with Crippen LogP contribution in [0.25, 0.3) is 0 Å². The van der Waals surface area contributed by atoms with Crippen LogP contribution in [0.2, 0.25) is 0 Å². The molecule has 1 unspecified atom stereocenters. The Labute approximate surface area is 120 Å². The largest absolute Gasteiger partial charge is 0.337 e. The average Bonchev–Trinajstić information content (AvgIpc) is 3.10. The molecule has 1 aromatic rings. The number of thiol groups is 1. The molecule has 0 saturated carbocycles. The summed E-state index contributed by atoms with van der Waals surface area (Å²) < 4.78 is 0. The quantitative estimate of drug-likeness (QED) is 0.838. The lowest BCUT2D eigenvalue weighted by Gasteiger charge is -2.23. The second-order valence-electron chi connectivity index (χ2n) is 5.48. The minimum absolute atomic E-state index is 0.162. The molecule has 3 nitrogen and oxygen atoms in total. The SMILES string of the molecule is O=C(c1ccc(S)cc1)N1CCC(N2CCCC2)C1. The first-order chi connectivity index (χ1) is 9.24. The van der Waals surface area contributed by atoms with E-state index in [0.717, 1.165) is 30.0 Å². The molecule has 0 radical (unpaired) electrons. The van der Waals surface area contributed by atoms with Gasteiger partial charge < -0.3 is 4.90 Å². The number of rotatable bonds is 2. The van der Waals surface area contributed by atoms with Gasteiger partial charge in [-0.1, -0.05) is 0 Å². The molecule has 3 rings (SSSR count). The number of hydrogen-bond donors (Lipinski definition) is 1. The summed E-state index contributed by atoms with van der Waals surface area (Å²) in [6.45, 7) is 4.20. The lowest BCUT2D eigenvalue weighted by atomic mass is 10.2. The van der Waals surface area contributed by atoms with Crippen LogP contribution in [0.15, 0.2) is 29.2 Å². The third kappa shape index (κ3) is 2.79. The minimum atomic E-state index is 0.162. The summed E-state index contributed by atoms with van der Waals surface area (Å²) in [7, 11) is 0. The van der Waals surface area contributed by atoms with Gasteiger partial charge in [-0.05, 0) is 56.6 Å². The van der Waals surface area contributed by atoms with E-state index in [0.29, 0.717) is 6.04 Å². The smallest absolute Gasteiger partial charge is 0.253 e. The van der Waals surface area contributed by atoms with E-state index in [2.05, 4.69) is 17.5 Å². The van der Waals surface area contributed by atoms with Crippen LogP contribution in [-0.4, -0.2) is 47.9 Å². The van der Waals surface area contributed by atoms with Gasteiger partial charge in [0.2, 0.25) is 0 Å². The topological polar surface area (TPSA) is 23.6 Å². The minimum Gasteiger partial charge on any atom is -0.337 e. The van der Waals surface area contributed by atoms with Crippen molar-refractivity contribution in [2.24, 2.45) is 0 Å². The highest BCUT2D eigenvalue weighted by Crippen LogP contribution is 2.22. The first-order valence-corrected chi connectivity index (χ1v) is 7.51. The molecule has 0 aliphatic carbocycles. The Morgan fingerprint density at radius 2 is 1.79 bits per heavy atom. The van der Waals surface area contributed by atoms with Crippen LogP contribution in [0.1, 0.15) is 29.6 Å². The van der Waals surface area contributed by atoms with Crippen LogP contribution in [0.3, 0.4) is 0 Å². The van der Waals surface area contributed by atoms with Crippen LogP contribution < -0.4 is 0 Å². The molecule has 2 fully saturated rings. The summed E-state index contributed by atoms with van der Waals surface area (Å²) in [6, 6.07) is 8.08. The summed E-state index contributed by atoms with van der Waals surface area (Å²) in [5.41, 5.74) is 0.778. The first-order valence-electron chi connectivity index (χ1n) is 7.06. The second-order valence-corrected chi connectivity index (χ2v) is 6.00. The lowest BCUT2D eigenvalue weighted by Crippen LogP contribution is -2.37. The van der Waals surface area contributed by atoms with Crippen molar-refractivity contribution in [1.82, 2.24) is 9.80 Å². The maximum atomic E-state index is 12.4. The van der Waals surface area contributed by atoms with E-state index < -0.39 is 0 Å². The van der Waals surface area contributed by atoms with Gasteiger partial charge in [0.1, 0.15) is 0 Å². The zero-order valence-corrected chi connectivity index (χ0v) is 12.0. The molecule has 0 bridgehead atoms. The summed E-state index contributed by atoms with van der Waals surface area (Å²) in [5, 5.41) is 0. The fourth-order valence-corrected chi connectivity index (χ4v) is 3.27. The van der Waals surface area contributed by atoms with Crippen molar-refractivity contribution < 1.29 is 4.79 Å². The third-order valence-electron chi connectivity index (χ3n) is 4.22. The predicted molar refractivity (Wildman–Crippen MR) is 78.8 cm³/mol. The highest BCUT2D eigenvalue weighted by molar-refractivity contribution is 7.80. The maximum Gasteiger partial charge on any atom is 0.253 e. The van der Waals surface area contributed by atoms with Crippen LogP contribution in [0, 0.1) is 0 Å². The molecule has 2 aliphatic rings. The van der Waals surface area contributed by atoms with Crippen molar-refractivity contribution >= 4 is 18.5 Å². The predicted octanol–water partition coefficient (Wildman–Crippen LogP) is 2.29. The molecule has 2 aliphatic heterocycles. The van der Waals surface area contributed by atoms with E-state index in [-0.39, 0.29) is 5.91 Å². The zero-order chi connectivity index (χ0) is 13.2. The molecule has 0 N–H and O–H groups in total. The van der Waals surface area contributed by atoms with Gasteiger partial charge in [-0.25, -0.2) is 0 Å². The summed E-state index contributed by atoms with van der Waals surface area (Å²) in [5.74, 6) is 0.162. The number of nitrogens with zero attached hydrogens (tertiary/aromatic N) is 2. The van der Waals surface area contributed by atoms with Gasteiger partial charge in [0.25, 0.3) is 5.91 Å². The Balaban J connectivity index is 1.63. The van der Waals surface area contributed by atoms with Crippen LogP contribution in [0.4, 0.5) is 0 Å². The molecule has 1 atom stereocenters. The molecule has 1 amide bonds. The number of carbonyl (C=O) groups is 1. The molecule has 102 valence electrons. The van der Waals surface area contributed by atoms with E-state index in [1.807, 2.05) is 29.2 Å². The molecule has 4 heteroatoms. The third-order valence-corrected chi connectivity index (χ3v) is 4.52. The highest BCUT2D eigenvalue weighted by atomic mass is 32.1. The Morgan fingerprint density at radius 1 is 1.11 bits per heavy atom. The normalized spacial score (nSPS) is 24.1. The fraction of sp³-hybridized carbons (Fsp3) is 0.533. The molecule has 2 saturated heterocycles. The maximum absolute atomic E-state index is 12.4. The van der Waals surface area contributed by atoms with Gasteiger partial charge in [-0.15, -0.1) is 12.6 Å². The molecule has 19 heavy (non-hydrogen) atoms. The van der Waals surface area contributed by atoms with E-state index in [1.165, 1.54) is 25.9 Å². The van der Waals surface area contributed by atoms with Crippen LogP contribution in [0.5, 0.6) is 0 Å². The van der Waals surface area contributed by atoms with Gasteiger partial charge in [-0.3, -0.25) is 9.69 Å². The highest BCUT2D eigenvalue weighted by Gasteiger charge is 2.31. The Hall–Kier alpha value is -1.00. The summed E-state index contributed by atoms with van der Waals surface area (Å²) in [4.78, 5) is 17.8. The number of likely N-dealkylation sites (tertiary alicyclic amines) is 2. The number of hydrogen-bond acceptors (Lipinski definition) is 3. The van der Waals surface area contributed by atoms with E-state index in [1.54, 1.807) is 0 Å². The number of amides is 1. The molecular formula is C15H20N2OS. The first kappa shape index (κ1) is 13.0. The average molecular weight is 276 g/mol. The molecule has 0 spiro atoms. The molecule has 2 heterocycles. The van der Waals surface area contributed by atoms with E-state index in [9.17, 15) is 4.79 Å². The second kappa shape index (κ2) is 5.55. The van der Waals surface area contributed by atoms with Crippen molar-refractivity contribution in [3.05, 3.63) is 29.8 Å². The van der Waals surface area contributed by atoms with Gasteiger partial charge >= 0.3 is 0 Å². The van der Waals surface area contributed by atoms with Crippen molar-refractivity contribution in [1.29, 1.82) is 0 Å². The lowest BCUT2D eigenvalue weighted by molar-refractivity contribution is 0.0780. The zero-order valence-electron chi connectivity index (χ0n) is 11.1. The fourth-order valence-electron chi connectivity index (χ4n) is 3.12. The van der Waals surface area contributed by atoms with Gasteiger partial charge in [0, 0.05) is 29.6 Å². The summed E-state index contributed by atoms with van der Waals surface area (Å²) >= 11 is 4.25. The van der Waals surface area contributed by atoms with Gasteiger partial charge in [0.05, 0.1) is 0 Å². The monoisotopic (exact) mass is 276 g/mol. The standard InChI is InChI=1S/C15H20N2OS/c18-15(12-3-5-14(19)6-4-12)17-10-7-13(11-17)16-8-1-2-9-16/h3-6,13,19H,1-2,7-11H2. The number of benzene rings is 1. The van der Waals surface area contributed by atoms with Gasteiger partial charge in [0.15, 0.2) is 0 Å². The van der Waals surface area contributed by atoms with Gasteiger partial charge in [-0.2, -0.15) is 0 Å². The molecule has 0 aromatic heterocycles. The molecular weight excluding hydrogens is 256 g/mol. The van der Waals surface area contributed by atoms with Crippen LogP contribution in [-0.2, 0) is 0 Å². The van der Waals surface area contributed by atoms with Crippen molar-refractivity contribution in [2.75, 3.05) is 26.2 Å². The van der Waals surface area contributed by atoms with Crippen LogP contribution >= 0.6 is 12.6 Å². The number of carbonyl (C=O) groups excluding carboxylic acids is 1. The Kier molecular flexibility index (Phi) is 3.80. The van der Waals surface area contributed by atoms with Crippen molar-refractivity contribution in [2.45, 2.75) is 30.2 Å².